The number of hydrogen-bond donors (Lipinski definition) is 1. The fourth-order valence-electron chi connectivity index (χ4n) is 4.26. The summed E-state index contributed by atoms with van der Waals surface area (Å²) in [5.41, 5.74) is 0.379. The first-order chi connectivity index (χ1) is 14.0. The van der Waals surface area contributed by atoms with Crippen LogP contribution < -0.4 is 5.32 Å². The molecule has 1 atom stereocenters. The molecule has 0 radical (unpaired) electrons. The van der Waals surface area contributed by atoms with Gasteiger partial charge in [-0.3, -0.25) is 14.4 Å². The Morgan fingerprint density at radius 3 is 2.31 bits per heavy atom. The first kappa shape index (κ1) is 21.6. The van der Waals surface area contributed by atoms with E-state index in [-0.39, 0.29) is 23.6 Å². The maximum Gasteiger partial charge on any atom is 0.253 e. The summed E-state index contributed by atoms with van der Waals surface area (Å²) in [6, 6.07) is 6.29. The van der Waals surface area contributed by atoms with E-state index in [1.165, 1.54) is 0 Å². The molecule has 0 unspecified atom stereocenters. The number of likely N-dealkylation sites (tertiary alicyclic amines) is 2. The lowest BCUT2D eigenvalue weighted by Crippen LogP contribution is -2.55. The summed E-state index contributed by atoms with van der Waals surface area (Å²) in [5.74, 6) is -0.178. The van der Waals surface area contributed by atoms with Crippen molar-refractivity contribution < 1.29 is 14.4 Å². The monoisotopic (exact) mass is 419 g/mol. The maximum atomic E-state index is 13.3. The highest BCUT2D eigenvalue weighted by atomic mass is 35.5. The van der Waals surface area contributed by atoms with Crippen LogP contribution in [0.25, 0.3) is 0 Å². The van der Waals surface area contributed by atoms with Crippen molar-refractivity contribution in [1.82, 2.24) is 15.1 Å². The molecule has 6 nitrogen and oxygen atoms in total. The third-order valence-corrected chi connectivity index (χ3v) is 6.33. The van der Waals surface area contributed by atoms with Gasteiger partial charge in [0, 0.05) is 32.6 Å². The van der Waals surface area contributed by atoms with Crippen LogP contribution in [0.2, 0.25) is 5.02 Å². The normalized spacial score (nSPS) is 19.0. The van der Waals surface area contributed by atoms with Crippen molar-refractivity contribution in [3.05, 3.63) is 34.9 Å². The number of nitrogens with one attached hydrogen (secondary N) is 1. The predicted molar refractivity (Wildman–Crippen MR) is 113 cm³/mol. The van der Waals surface area contributed by atoms with Crippen LogP contribution in [0.4, 0.5) is 0 Å². The van der Waals surface area contributed by atoms with Gasteiger partial charge in [0.15, 0.2) is 0 Å². The van der Waals surface area contributed by atoms with E-state index in [9.17, 15) is 14.4 Å². The number of hydrogen-bond acceptors (Lipinski definition) is 3. The molecule has 1 aromatic carbocycles. The summed E-state index contributed by atoms with van der Waals surface area (Å²) in [6.45, 7) is 4.60. The number of rotatable bonds is 5. The number of halogens is 1. The molecule has 0 saturated carbocycles. The molecule has 0 aromatic heterocycles. The van der Waals surface area contributed by atoms with Crippen molar-refractivity contribution in [2.75, 3.05) is 26.2 Å². The molecule has 1 aromatic rings. The Labute approximate surface area is 177 Å². The van der Waals surface area contributed by atoms with Crippen LogP contribution in [0.15, 0.2) is 24.3 Å². The highest BCUT2D eigenvalue weighted by molar-refractivity contribution is 6.33. The predicted octanol–water partition coefficient (Wildman–Crippen LogP) is 3.10. The van der Waals surface area contributed by atoms with E-state index < -0.39 is 6.04 Å². The topological polar surface area (TPSA) is 69.7 Å². The Bertz CT molecular complexity index is 741. The van der Waals surface area contributed by atoms with Crippen LogP contribution in [0.1, 0.15) is 55.8 Å². The Morgan fingerprint density at radius 1 is 1.03 bits per heavy atom. The highest BCUT2D eigenvalue weighted by Crippen LogP contribution is 2.25. The Balaban J connectivity index is 1.75. The van der Waals surface area contributed by atoms with Crippen LogP contribution in [0.5, 0.6) is 0 Å². The van der Waals surface area contributed by atoms with Gasteiger partial charge in [0.2, 0.25) is 11.8 Å². The van der Waals surface area contributed by atoms with Gasteiger partial charge in [-0.05, 0) is 50.2 Å². The van der Waals surface area contributed by atoms with Gasteiger partial charge in [-0.15, -0.1) is 0 Å². The van der Waals surface area contributed by atoms with Gasteiger partial charge in [0.05, 0.1) is 10.6 Å². The van der Waals surface area contributed by atoms with Crippen molar-refractivity contribution in [1.29, 1.82) is 0 Å². The van der Waals surface area contributed by atoms with E-state index in [2.05, 4.69) is 5.32 Å². The second-order valence-electron chi connectivity index (χ2n) is 7.89. The van der Waals surface area contributed by atoms with Gasteiger partial charge < -0.3 is 15.1 Å². The molecule has 2 aliphatic heterocycles. The summed E-state index contributed by atoms with van der Waals surface area (Å²) >= 11 is 6.19. The average Bonchev–Trinajstić information content (AvgIpc) is 2.77. The molecule has 2 fully saturated rings. The smallest absolute Gasteiger partial charge is 0.253 e. The molecule has 29 heavy (non-hydrogen) atoms. The molecule has 7 heteroatoms. The van der Waals surface area contributed by atoms with Crippen molar-refractivity contribution in [2.24, 2.45) is 5.92 Å². The van der Waals surface area contributed by atoms with E-state index in [0.717, 1.165) is 32.4 Å². The average molecular weight is 420 g/mol. The third kappa shape index (κ3) is 5.30. The number of piperidine rings is 2. The van der Waals surface area contributed by atoms with E-state index >= 15 is 0 Å². The first-order valence-electron chi connectivity index (χ1n) is 10.6. The lowest BCUT2D eigenvalue weighted by molar-refractivity contribution is -0.136. The number of carbonyl (C=O) groups excluding carboxylic acids is 3. The SMILES string of the molecule is CCC(=O)N1CCC([C@H](NC(=O)c2ccccc2Cl)C(=O)N2CCCCC2)CC1. The first-order valence-corrected chi connectivity index (χ1v) is 11.0. The molecule has 2 saturated heterocycles. The summed E-state index contributed by atoms with van der Waals surface area (Å²) in [7, 11) is 0. The highest BCUT2D eigenvalue weighted by Gasteiger charge is 2.36. The molecule has 3 amide bonds. The molecular weight excluding hydrogens is 390 g/mol. The van der Waals surface area contributed by atoms with Crippen molar-refractivity contribution >= 4 is 29.3 Å². The minimum atomic E-state index is -0.587. The van der Waals surface area contributed by atoms with E-state index in [1.54, 1.807) is 24.3 Å². The lowest BCUT2D eigenvalue weighted by Gasteiger charge is -2.38. The maximum absolute atomic E-state index is 13.3. The van der Waals surface area contributed by atoms with Gasteiger partial charge in [-0.1, -0.05) is 30.7 Å². The Kier molecular flexibility index (Phi) is 7.53. The van der Waals surface area contributed by atoms with Crippen LogP contribution in [0, 0.1) is 5.92 Å². The lowest BCUT2D eigenvalue weighted by atomic mass is 9.87. The van der Waals surface area contributed by atoms with Gasteiger partial charge in [-0.2, -0.15) is 0 Å². The molecule has 0 bridgehead atoms. The molecule has 158 valence electrons. The van der Waals surface area contributed by atoms with Gasteiger partial charge >= 0.3 is 0 Å². The Morgan fingerprint density at radius 2 is 1.69 bits per heavy atom. The molecule has 3 rings (SSSR count). The fourth-order valence-corrected chi connectivity index (χ4v) is 4.48. The summed E-state index contributed by atoms with van der Waals surface area (Å²) < 4.78 is 0. The molecular formula is C22H30ClN3O3. The zero-order chi connectivity index (χ0) is 20.8. The van der Waals surface area contributed by atoms with Gasteiger partial charge in [-0.25, -0.2) is 0 Å². The number of carbonyl (C=O) groups is 3. The number of nitrogens with zero attached hydrogens (tertiary/aromatic N) is 2. The van der Waals surface area contributed by atoms with Crippen molar-refractivity contribution in [2.45, 2.75) is 51.5 Å². The molecule has 2 heterocycles. The summed E-state index contributed by atoms with van der Waals surface area (Å²) in [4.78, 5) is 41.9. The summed E-state index contributed by atoms with van der Waals surface area (Å²) in [6.07, 6.45) is 5.04. The van der Waals surface area contributed by atoms with E-state index in [4.69, 9.17) is 11.6 Å². The number of benzene rings is 1. The van der Waals surface area contributed by atoms with E-state index in [1.807, 2.05) is 16.7 Å². The zero-order valence-corrected chi connectivity index (χ0v) is 17.8. The second kappa shape index (κ2) is 10.1. The Hall–Kier alpha value is -2.08. The van der Waals surface area contributed by atoms with Crippen LogP contribution >= 0.6 is 11.6 Å². The van der Waals surface area contributed by atoms with Crippen LogP contribution in [-0.2, 0) is 9.59 Å². The number of amides is 3. The minimum absolute atomic E-state index is 0.00892. The van der Waals surface area contributed by atoms with Crippen molar-refractivity contribution in [3.63, 3.8) is 0 Å². The third-order valence-electron chi connectivity index (χ3n) is 6.01. The molecule has 0 aliphatic carbocycles. The molecule has 0 spiro atoms. The minimum Gasteiger partial charge on any atom is -0.343 e. The van der Waals surface area contributed by atoms with E-state index in [0.29, 0.717) is 42.9 Å². The quantitative estimate of drug-likeness (QED) is 0.797. The summed E-state index contributed by atoms with van der Waals surface area (Å²) in [5, 5.41) is 3.35. The van der Waals surface area contributed by atoms with Crippen LogP contribution in [0.3, 0.4) is 0 Å². The largest absolute Gasteiger partial charge is 0.343 e. The molecule has 2 aliphatic rings. The van der Waals surface area contributed by atoms with Gasteiger partial charge in [0.1, 0.15) is 6.04 Å². The second-order valence-corrected chi connectivity index (χ2v) is 8.30. The zero-order valence-electron chi connectivity index (χ0n) is 17.0. The standard InChI is InChI=1S/C22H30ClN3O3/c1-2-19(27)25-14-10-16(11-15-25)20(22(29)26-12-6-3-7-13-26)24-21(28)17-8-4-5-9-18(17)23/h4-5,8-9,16,20H,2-3,6-7,10-15H2,1H3,(H,24,28)/t20-/m0/s1. The van der Waals surface area contributed by atoms with Crippen LogP contribution in [-0.4, -0.2) is 59.7 Å². The van der Waals surface area contributed by atoms with Crippen molar-refractivity contribution in [3.8, 4) is 0 Å². The fraction of sp³-hybridized carbons (Fsp3) is 0.591. The molecule has 1 N–H and O–H groups in total. The van der Waals surface area contributed by atoms with Gasteiger partial charge in [0.25, 0.3) is 5.91 Å².